The van der Waals surface area contributed by atoms with Crippen molar-refractivity contribution in [3.8, 4) is 17.6 Å². The number of benzene rings is 1. The van der Waals surface area contributed by atoms with Gasteiger partial charge < -0.3 is 15.6 Å². The molecule has 1 aromatic rings. The fourth-order valence-corrected chi connectivity index (χ4v) is 1.03. The zero-order valence-electron chi connectivity index (χ0n) is 8.28. The van der Waals surface area contributed by atoms with Crippen molar-refractivity contribution in [2.75, 3.05) is 12.8 Å². The normalized spacial score (nSPS) is 8.87. The molecule has 0 spiro atoms. The van der Waals surface area contributed by atoms with Crippen LogP contribution in [0.25, 0.3) is 0 Å². The molecule has 4 heteroatoms. The number of hydrogen-bond acceptors (Lipinski definition) is 3. The molecular formula is C11H11NO3. The first-order valence-corrected chi connectivity index (χ1v) is 4.27. The van der Waals surface area contributed by atoms with Crippen LogP contribution in [0.4, 0.5) is 5.69 Å². The molecule has 0 saturated heterocycles. The lowest BCUT2D eigenvalue weighted by molar-refractivity contribution is -0.135. The Kier molecular flexibility index (Phi) is 3.58. The zero-order chi connectivity index (χ0) is 11.3. The number of nitrogens with two attached hydrogens (primary N) is 1. The summed E-state index contributed by atoms with van der Waals surface area (Å²) in [6.07, 6.45) is -0.187. The largest absolute Gasteiger partial charge is 0.495 e. The number of carbonyl (C=O) groups is 1. The highest BCUT2D eigenvalue weighted by Gasteiger charge is 1.99. The topological polar surface area (TPSA) is 72.5 Å². The Morgan fingerprint density at radius 1 is 1.60 bits per heavy atom. The first-order chi connectivity index (χ1) is 7.13. The monoisotopic (exact) mass is 205 g/mol. The van der Waals surface area contributed by atoms with Crippen LogP contribution < -0.4 is 10.5 Å². The Hall–Kier alpha value is -2.15. The van der Waals surface area contributed by atoms with E-state index in [0.717, 1.165) is 0 Å². The number of carboxylic acid groups (broad SMARTS) is 1. The average molecular weight is 205 g/mol. The Morgan fingerprint density at radius 3 is 2.93 bits per heavy atom. The van der Waals surface area contributed by atoms with Crippen LogP contribution in [0.1, 0.15) is 12.0 Å². The fourth-order valence-electron chi connectivity index (χ4n) is 1.03. The first kappa shape index (κ1) is 10.9. The number of ether oxygens (including phenoxy) is 1. The maximum Gasteiger partial charge on any atom is 0.315 e. The number of aliphatic carboxylic acids is 1. The first-order valence-electron chi connectivity index (χ1n) is 4.27. The van der Waals surface area contributed by atoms with E-state index in [4.69, 9.17) is 15.6 Å². The van der Waals surface area contributed by atoms with Gasteiger partial charge in [0.15, 0.2) is 0 Å². The van der Waals surface area contributed by atoms with Gasteiger partial charge in [-0.3, -0.25) is 4.79 Å². The van der Waals surface area contributed by atoms with Crippen molar-refractivity contribution >= 4 is 11.7 Å². The van der Waals surface area contributed by atoms with Crippen molar-refractivity contribution in [2.24, 2.45) is 0 Å². The van der Waals surface area contributed by atoms with Crippen LogP contribution in [0.5, 0.6) is 5.75 Å². The average Bonchev–Trinajstić information content (AvgIpc) is 2.19. The quantitative estimate of drug-likeness (QED) is 0.560. The van der Waals surface area contributed by atoms with E-state index < -0.39 is 5.97 Å². The van der Waals surface area contributed by atoms with Crippen molar-refractivity contribution in [1.82, 2.24) is 0 Å². The van der Waals surface area contributed by atoms with E-state index in [-0.39, 0.29) is 6.42 Å². The number of hydrogen-bond donors (Lipinski definition) is 2. The van der Waals surface area contributed by atoms with Crippen molar-refractivity contribution in [1.29, 1.82) is 0 Å². The van der Waals surface area contributed by atoms with Crippen LogP contribution in [-0.2, 0) is 4.79 Å². The molecule has 1 aromatic carbocycles. The highest BCUT2D eigenvalue weighted by molar-refractivity contribution is 5.70. The van der Waals surface area contributed by atoms with E-state index in [9.17, 15) is 4.79 Å². The molecule has 15 heavy (non-hydrogen) atoms. The Balaban J connectivity index is 2.92. The van der Waals surface area contributed by atoms with Crippen LogP contribution in [0, 0.1) is 11.8 Å². The molecule has 0 amide bonds. The summed E-state index contributed by atoms with van der Waals surface area (Å²) in [5.74, 6) is 4.84. The Bertz CT molecular complexity index is 429. The molecule has 0 aliphatic heterocycles. The van der Waals surface area contributed by atoms with Gasteiger partial charge in [-0.25, -0.2) is 0 Å². The minimum atomic E-state index is -0.947. The lowest BCUT2D eigenvalue weighted by atomic mass is 10.2. The highest BCUT2D eigenvalue weighted by Crippen LogP contribution is 2.20. The Labute approximate surface area is 87.7 Å². The summed E-state index contributed by atoms with van der Waals surface area (Å²) in [6, 6.07) is 5.03. The SMILES string of the molecule is COc1cc(N)ccc1C#CCC(=O)O. The number of rotatable bonds is 2. The van der Waals surface area contributed by atoms with Crippen LogP contribution in [0.3, 0.4) is 0 Å². The number of methoxy groups -OCH3 is 1. The molecule has 0 aliphatic carbocycles. The van der Waals surface area contributed by atoms with Crippen molar-refractivity contribution in [2.45, 2.75) is 6.42 Å². The molecule has 0 saturated carbocycles. The van der Waals surface area contributed by atoms with Crippen molar-refractivity contribution in [3.05, 3.63) is 23.8 Å². The maximum atomic E-state index is 10.2. The molecule has 78 valence electrons. The van der Waals surface area contributed by atoms with Gasteiger partial charge in [-0.2, -0.15) is 0 Å². The second kappa shape index (κ2) is 4.91. The molecular weight excluding hydrogens is 194 g/mol. The van der Waals surface area contributed by atoms with Gasteiger partial charge in [0.05, 0.1) is 12.7 Å². The molecule has 0 fully saturated rings. The molecule has 0 radical (unpaired) electrons. The van der Waals surface area contributed by atoms with E-state index in [0.29, 0.717) is 17.0 Å². The van der Waals surface area contributed by atoms with Crippen molar-refractivity contribution < 1.29 is 14.6 Å². The van der Waals surface area contributed by atoms with E-state index in [1.165, 1.54) is 7.11 Å². The third kappa shape index (κ3) is 3.24. The minimum absolute atomic E-state index is 0.187. The summed E-state index contributed by atoms with van der Waals surface area (Å²) in [5.41, 5.74) is 6.77. The molecule has 0 heterocycles. The summed E-state index contributed by atoms with van der Waals surface area (Å²) >= 11 is 0. The predicted octanol–water partition coefficient (Wildman–Crippen LogP) is 1.10. The third-order valence-electron chi connectivity index (χ3n) is 1.69. The van der Waals surface area contributed by atoms with Crippen LogP contribution >= 0.6 is 0 Å². The van der Waals surface area contributed by atoms with Crippen molar-refractivity contribution in [3.63, 3.8) is 0 Å². The van der Waals surface area contributed by atoms with Gasteiger partial charge in [-0.05, 0) is 12.1 Å². The molecule has 0 bridgehead atoms. The molecule has 0 aliphatic rings. The van der Waals surface area contributed by atoms with E-state index in [2.05, 4.69) is 11.8 Å². The summed E-state index contributed by atoms with van der Waals surface area (Å²) in [6.45, 7) is 0. The molecule has 0 aromatic heterocycles. The van der Waals surface area contributed by atoms with E-state index in [1.807, 2.05) is 0 Å². The second-order valence-electron chi connectivity index (χ2n) is 2.83. The number of nitrogen functional groups attached to an aromatic ring is 1. The summed E-state index contributed by atoms with van der Waals surface area (Å²) in [7, 11) is 1.51. The smallest absolute Gasteiger partial charge is 0.315 e. The number of anilines is 1. The molecule has 3 N–H and O–H groups in total. The third-order valence-corrected chi connectivity index (χ3v) is 1.69. The lowest BCUT2D eigenvalue weighted by Crippen LogP contribution is -1.92. The number of carboxylic acids is 1. The predicted molar refractivity (Wildman–Crippen MR) is 56.5 cm³/mol. The van der Waals surface area contributed by atoms with Gasteiger partial charge in [0, 0.05) is 11.8 Å². The standard InChI is InChI=1S/C11H11NO3/c1-15-10-7-9(12)6-5-8(10)3-2-4-11(13)14/h5-7H,4,12H2,1H3,(H,13,14). The van der Waals surface area contributed by atoms with Crippen LogP contribution in [0.2, 0.25) is 0 Å². The summed E-state index contributed by atoms with van der Waals surface area (Å²) in [5, 5.41) is 8.41. The van der Waals surface area contributed by atoms with Gasteiger partial charge in [0.25, 0.3) is 0 Å². The fraction of sp³-hybridized carbons (Fsp3) is 0.182. The van der Waals surface area contributed by atoms with Gasteiger partial charge in [-0.15, -0.1) is 0 Å². The van der Waals surface area contributed by atoms with Crippen LogP contribution in [0.15, 0.2) is 18.2 Å². The molecule has 0 unspecified atom stereocenters. The lowest BCUT2D eigenvalue weighted by Gasteiger charge is -2.03. The molecule has 0 atom stereocenters. The van der Waals surface area contributed by atoms with Crippen LogP contribution in [-0.4, -0.2) is 18.2 Å². The van der Waals surface area contributed by atoms with E-state index >= 15 is 0 Å². The Morgan fingerprint density at radius 2 is 2.33 bits per heavy atom. The minimum Gasteiger partial charge on any atom is -0.495 e. The zero-order valence-corrected chi connectivity index (χ0v) is 8.28. The second-order valence-corrected chi connectivity index (χ2v) is 2.83. The highest BCUT2D eigenvalue weighted by atomic mass is 16.5. The van der Waals surface area contributed by atoms with E-state index in [1.54, 1.807) is 18.2 Å². The van der Waals surface area contributed by atoms with Gasteiger partial charge in [-0.1, -0.05) is 11.8 Å². The van der Waals surface area contributed by atoms with Gasteiger partial charge in [0.1, 0.15) is 12.2 Å². The molecule has 4 nitrogen and oxygen atoms in total. The van der Waals surface area contributed by atoms with Gasteiger partial charge in [0.2, 0.25) is 0 Å². The summed E-state index contributed by atoms with van der Waals surface area (Å²) < 4.78 is 5.05. The van der Waals surface area contributed by atoms with Gasteiger partial charge >= 0.3 is 5.97 Å². The summed E-state index contributed by atoms with van der Waals surface area (Å²) in [4.78, 5) is 10.2. The molecule has 1 rings (SSSR count). The maximum absolute atomic E-state index is 10.2.